The standard InChI is InChI=1S/C20H26N4S/c1-2-23-19(18(22-20(23)25)16-11-6-7-13-21-16)17-12-8-14-24(17)15-9-4-3-5-10-15/h6-8,11-15,18-19H,2-5,9-10H2,1H3,(H,22,25)/t18-,19+/m0/s1. The van der Waals surface area contributed by atoms with Gasteiger partial charge in [-0.1, -0.05) is 25.3 Å². The highest BCUT2D eigenvalue weighted by Crippen LogP contribution is 2.40. The van der Waals surface area contributed by atoms with E-state index in [0.29, 0.717) is 6.04 Å². The largest absolute Gasteiger partial charge is 0.352 e. The van der Waals surface area contributed by atoms with Gasteiger partial charge >= 0.3 is 0 Å². The summed E-state index contributed by atoms with van der Waals surface area (Å²) in [4.78, 5) is 6.92. The van der Waals surface area contributed by atoms with Crippen molar-refractivity contribution in [2.75, 3.05) is 6.54 Å². The van der Waals surface area contributed by atoms with Crippen molar-refractivity contribution in [3.05, 3.63) is 54.1 Å². The molecule has 1 aliphatic carbocycles. The predicted molar refractivity (Wildman–Crippen MR) is 104 cm³/mol. The molecule has 2 aromatic rings. The number of nitrogens with one attached hydrogen (secondary N) is 1. The summed E-state index contributed by atoms with van der Waals surface area (Å²) in [7, 11) is 0. The first-order valence-corrected chi connectivity index (χ1v) is 9.85. The molecule has 132 valence electrons. The molecule has 0 unspecified atom stereocenters. The number of hydrogen-bond donors (Lipinski definition) is 1. The van der Waals surface area contributed by atoms with Gasteiger partial charge in [0.2, 0.25) is 0 Å². The SMILES string of the molecule is CCN1C(=S)N[C@@H](c2ccccn2)[C@H]1c1cccn1C1CCCCC1. The molecule has 0 amide bonds. The number of thiocarbonyl (C=S) groups is 1. The second-order valence-electron chi connectivity index (χ2n) is 7.04. The number of pyridine rings is 1. The van der Waals surface area contributed by atoms with Crippen LogP contribution in [0.25, 0.3) is 0 Å². The van der Waals surface area contributed by atoms with Crippen molar-refractivity contribution in [1.82, 2.24) is 19.8 Å². The van der Waals surface area contributed by atoms with E-state index in [-0.39, 0.29) is 12.1 Å². The maximum absolute atomic E-state index is 5.65. The van der Waals surface area contributed by atoms with E-state index < -0.39 is 0 Å². The summed E-state index contributed by atoms with van der Waals surface area (Å²) in [5, 5.41) is 4.35. The first-order valence-electron chi connectivity index (χ1n) is 9.44. The van der Waals surface area contributed by atoms with Gasteiger partial charge in [-0.3, -0.25) is 4.98 Å². The van der Waals surface area contributed by atoms with Crippen LogP contribution in [0, 0.1) is 0 Å². The molecule has 0 radical (unpaired) electrons. The number of nitrogens with zero attached hydrogens (tertiary/aromatic N) is 3. The fourth-order valence-corrected chi connectivity index (χ4v) is 4.79. The molecule has 2 atom stereocenters. The number of rotatable bonds is 4. The molecule has 3 heterocycles. The van der Waals surface area contributed by atoms with E-state index >= 15 is 0 Å². The van der Waals surface area contributed by atoms with Crippen LogP contribution in [0.1, 0.15) is 68.5 Å². The second-order valence-corrected chi connectivity index (χ2v) is 7.43. The first-order chi connectivity index (χ1) is 12.3. The molecule has 2 fully saturated rings. The van der Waals surface area contributed by atoms with Crippen LogP contribution >= 0.6 is 12.2 Å². The summed E-state index contributed by atoms with van der Waals surface area (Å²) in [6, 6.07) is 11.5. The minimum atomic E-state index is 0.103. The Labute approximate surface area is 155 Å². The van der Waals surface area contributed by atoms with Crippen molar-refractivity contribution in [3.63, 3.8) is 0 Å². The van der Waals surface area contributed by atoms with Crippen LogP contribution in [0.15, 0.2) is 42.7 Å². The predicted octanol–water partition coefficient (Wildman–Crippen LogP) is 4.38. The van der Waals surface area contributed by atoms with E-state index in [1.165, 1.54) is 37.8 Å². The van der Waals surface area contributed by atoms with Gasteiger partial charge in [-0.15, -0.1) is 0 Å². The summed E-state index contributed by atoms with van der Waals surface area (Å²) in [5.41, 5.74) is 2.42. The molecule has 5 heteroatoms. The average Bonchev–Trinajstić information content (AvgIpc) is 3.27. The Hall–Kier alpha value is -1.88. The number of aromatic nitrogens is 2. The lowest BCUT2D eigenvalue weighted by atomic mass is 9.94. The summed E-state index contributed by atoms with van der Waals surface area (Å²) < 4.78 is 2.51. The summed E-state index contributed by atoms with van der Waals surface area (Å²) in [5.74, 6) is 0. The second kappa shape index (κ2) is 7.16. The van der Waals surface area contributed by atoms with Gasteiger partial charge in [-0.25, -0.2) is 0 Å². The van der Waals surface area contributed by atoms with Gasteiger partial charge in [0.05, 0.1) is 17.8 Å². The van der Waals surface area contributed by atoms with Gasteiger partial charge in [0, 0.05) is 30.7 Å². The van der Waals surface area contributed by atoms with Gasteiger partial charge in [-0.2, -0.15) is 0 Å². The molecule has 2 aliphatic rings. The summed E-state index contributed by atoms with van der Waals surface area (Å²) in [6.45, 7) is 3.07. The van der Waals surface area contributed by atoms with Gasteiger partial charge in [0.25, 0.3) is 0 Å². The summed E-state index contributed by atoms with van der Waals surface area (Å²) >= 11 is 5.65. The van der Waals surface area contributed by atoms with Crippen molar-refractivity contribution >= 4 is 17.3 Å². The molecular weight excluding hydrogens is 328 g/mol. The van der Waals surface area contributed by atoms with E-state index in [4.69, 9.17) is 12.2 Å². The third-order valence-electron chi connectivity index (χ3n) is 5.62. The van der Waals surface area contributed by atoms with Crippen molar-refractivity contribution in [2.45, 2.75) is 57.2 Å². The van der Waals surface area contributed by atoms with Gasteiger partial charge in [0.15, 0.2) is 5.11 Å². The van der Waals surface area contributed by atoms with Crippen LogP contribution in [0.5, 0.6) is 0 Å². The molecular formula is C20H26N4S. The van der Waals surface area contributed by atoms with Crippen LogP contribution in [0.4, 0.5) is 0 Å². The smallest absolute Gasteiger partial charge is 0.170 e. The fourth-order valence-electron chi connectivity index (χ4n) is 4.42. The number of likely N-dealkylation sites (N-methyl/N-ethyl adjacent to an activating group) is 1. The highest BCUT2D eigenvalue weighted by Gasteiger charge is 2.40. The van der Waals surface area contributed by atoms with Gasteiger partial charge in [-0.05, 0) is 56.2 Å². The van der Waals surface area contributed by atoms with E-state index in [1.54, 1.807) is 0 Å². The molecule has 0 bridgehead atoms. The zero-order chi connectivity index (χ0) is 17.2. The van der Waals surface area contributed by atoms with E-state index in [0.717, 1.165) is 17.4 Å². The van der Waals surface area contributed by atoms with Gasteiger partial charge < -0.3 is 14.8 Å². The molecule has 1 N–H and O–H groups in total. The Morgan fingerprint density at radius 2 is 2.00 bits per heavy atom. The first kappa shape index (κ1) is 16.6. The topological polar surface area (TPSA) is 33.1 Å². The van der Waals surface area contributed by atoms with Crippen molar-refractivity contribution in [3.8, 4) is 0 Å². The van der Waals surface area contributed by atoms with Crippen LogP contribution in [-0.2, 0) is 0 Å². The highest BCUT2D eigenvalue weighted by atomic mass is 32.1. The number of hydrogen-bond acceptors (Lipinski definition) is 2. The molecule has 4 rings (SSSR count). The minimum absolute atomic E-state index is 0.103. The van der Waals surface area contributed by atoms with E-state index in [9.17, 15) is 0 Å². The van der Waals surface area contributed by atoms with Crippen LogP contribution in [0.2, 0.25) is 0 Å². The zero-order valence-electron chi connectivity index (χ0n) is 14.8. The maximum atomic E-state index is 5.65. The molecule has 25 heavy (non-hydrogen) atoms. The quantitative estimate of drug-likeness (QED) is 0.826. The monoisotopic (exact) mass is 354 g/mol. The summed E-state index contributed by atoms with van der Waals surface area (Å²) in [6.07, 6.45) is 10.7. The third-order valence-corrected chi connectivity index (χ3v) is 5.97. The van der Waals surface area contributed by atoms with Crippen molar-refractivity contribution < 1.29 is 0 Å². The Kier molecular flexibility index (Phi) is 4.75. The Morgan fingerprint density at radius 1 is 1.16 bits per heavy atom. The Balaban J connectivity index is 1.73. The molecule has 0 aromatic carbocycles. The lowest BCUT2D eigenvalue weighted by Gasteiger charge is -2.32. The Bertz CT molecular complexity index is 720. The molecule has 1 saturated heterocycles. The van der Waals surface area contributed by atoms with E-state index in [2.05, 4.69) is 57.2 Å². The maximum Gasteiger partial charge on any atom is 0.170 e. The lowest BCUT2D eigenvalue weighted by molar-refractivity contribution is 0.287. The zero-order valence-corrected chi connectivity index (χ0v) is 15.6. The fraction of sp³-hybridized carbons (Fsp3) is 0.500. The van der Waals surface area contributed by atoms with Crippen LogP contribution in [0.3, 0.4) is 0 Å². The van der Waals surface area contributed by atoms with Crippen molar-refractivity contribution in [2.24, 2.45) is 0 Å². The minimum Gasteiger partial charge on any atom is -0.352 e. The van der Waals surface area contributed by atoms with Crippen molar-refractivity contribution in [1.29, 1.82) is 0 Å². The Morgan fingerprint density at radius 3 is 2.72 bits per heavy atom. The van der Waals surface area contributed by atoms with Crippen LogP contribution < -0.4 is 5.32 Å². The normalized spacial score (nSPS) is 24.5. The molecule has 2 aromatic heterocycles. The molecule has 0 spiro atoms. The van der Waals surface area contributed by atoms with E-state index in [1.807, 2.05) is 12.3 Å². The molecule has 4 nitrogen and oxygen atoms in total. The lowest BCUT2D eigenvalue weighted by Crippen LogP contribution is -2.30. The molecule has 1 saturated carbocycles. The highest BCUT2D eigenvalue weighted by molar-refractivity contribution is 7.80. The third kappa shape index (κ3) is 3.06. The van der Waals surface area contributed by atoms with Crippen LogP contribution in [-0.4, -0.2) is 26.1 Å². The average molecular weight is 355 g/mol. The van der Waals surface area contributed by atoms with Gasteiger partial charge in [0.1, 0.15) is 0 Å². The molecule has 1 aliphatic heterocycles.